The van der Waals surface area contributed by atoms with Crippen molar-refractivity contribution >= 4 is 58.3 Å². The van der Waals surface area contributed by atoms with Crippen LogP contribution in [0.15, 0.2) is 97.6 Å². The molecule has 56 heavy (non-hydrogen) atoms. The summed E-state index contributed by atoms with van der Waals surface area (Å²) in [5, 5.41) is 5.83. The van der Waals surface area contributed by atoms with Gasteiger partial charge in [-0.25, -0.2) is 9.97 Å². The van der Waals surface area contributed by atoms with E-state index < -0.39 is 48.8 Å². The molecule has 17 heteroatoms. The maximum Gasteiger partial charge on any atom is 0.399 e. The van der Waals surface area contributed by atoms with Gasteiger partial charge in [0.2, 0.25) is 17.7 Å². The molecule has 0 spiro atoms. The van der Waals surface area contributed by atoms with E-state index in [1.54, 1.807) is 24.5 Å². The highest BCUT2D eigenvalue weighted by Gasteiger charge is 2.50. The van der Waals surface area contributed by atoms with Gasteiger partial charge in [0.15, 0.2) is 0 Å². The maximum atomic E-state index is 14.5. The second kappa shape index (κ2) is 16.0. The number of halogens is 2. The normalized spacial score (nSPS) is 18.9. The number of anilines is 1. The minimum atomic E-state index is -5.83. The quantitative estimate of drug-likeness (QED) is 0.132. The molecule has 0 bridgehead atoms. The molecule has 0 radical (unpaired) electrons. The lowest BCUT2D eigenvalue weighted by Crippen LogP contribution is -2.60. The van der Waals surface area contributed by atoms with Crippen LogP contribution in [0.1, 0.15) is 46.5 Å². The number of carbonyl (C=O) groups is 4. The van der Waals surface area contributed by atoms with E-state index >= 15 is 0 Å². The molecule has 2 aliphatic heterocycles. The van der Waals surface area contributed by atoms with Gasteiger partial charge in [0.25, 0.3) is 5.91 Å². The van der Waals surface area contributed by atoms with E-state index in [-0.39, 0.29) is 41.6 Å². The van der Waals surface area contributed by atoms with Crippen molar-refractivity contribution < 1.29 is 42.3 Å². The molecule has 1 unspecified atom stereocenters. The van der Waals surface area contributed by atoms with E-state index in [4.69, 9.17) is 0 Å². The molecule has 13 nitrogen and oxygen atoms in total. The van der Waals surface area contributed by atoms with Gasteiger partial charge in [-0.15, -0.1) is 11.3 Å². The van der Waals surface area contributed by atoms with Crippen LogP contribution in [0.3, 0.4) is 0 Å². The number of rotatable bonds is 10. The van der Waals surface area contributed by atoms with Gasteiger partial charge < -0.3 is 30.2 Å². The monoisotopic (exact) mass is 802 g/mol. The summed E-state index contributed by atoms with van der Waals surface area (Å²) in [6, 6.07) is 19.0. The number of benzene rings is 3. The lowest BCUT2D eigenvalue weighted by Gasteiger charge is -2.38. The first-order chi connectivity index (χ1) is 26.8. The number of alkyl halides is 2. The molecule has 2 saturated heterocycles. The Bertz CT molecular complexity index is 2310. The van der Waals surface area contributed by atoms with Gasteiger partial charge in [-0.2, -0.15) is 8.78 Å². The van der Waals surface area contributed by atoms with Crippen LogP contribution >= 0.6 is 18.9 Å². The van der Waals surface area contributed by atoms with Crippen molar-refractivity contribution in [3.05, 3.63) is 114 Å². The number of amides is 4. The summed E-state index contributed by atoms with van der Waals surface area (Å²) in [6.07, 6.45) is 6.35. The lowest BCUT2D eigenvalue weighted by atomic mass is 10.1. The van der Waals surface area contributed by atoms with Gasteiger partial charge >= 0.3 is 13.3 Å². The second-order valence-corrected chi connectivity index (χ2v) is 16.5. The van der Waals surface area contributed by atoms with Crippen molar-refractivity contribution in [1.29, 1.82) is 0 Å². The first kappa shape index (κ1) is 38.8. The first-order valence-corrected chi connectivity index (χ1v) is 20.3. The summed E-state index contributed by atoms with van der Waals surface area (Å²) >= 11 is 0.937. The summed E-state index contributed by atoms with van der Waals surface area (Å²) in [5.41, 5.74) is -2.06. The van der Waals surface area contributed by atoms with Crippen LogP contribution in [0, 0.1) is 0 Å². The Morgan fingerprint density at radius 3 is 2.36 bits per heavy atom. The molecule has 7 rings (SSSR count). The van der Waals surface area contributed by atoms with Crippen molar-refractivity contribution in [3.63, 3.8) is 0 Å². The highest BCUT2D eigenvalue weighted by molar-refractivity contribution is 7.52. The number of nitrogens with one attached hydrogen (secondary N) is 2. The average Bonchev–Trinajstić information content (AvgIpc) is 3.82. The van der Waals surface area contributed by atoms with Crippen molar-refractivity contribution in [2.75, 3.05) is 18.4 Å². The Morgan fingerprint density at radius 2 is 1.64 bits per heavy atom. The molecule has 3 atom stereocenters. The molecule has 290 valence electrons. The smallest absolute Gasteiger partial charge is 0.340 e. The number of thiophene rings is 1. The van der Waals surface area contributed by atoms with E-state index in [1.165, 1.54) is 28.3 Å². The molecule has 0 saturated carbocycles. The fourth-order valence-corrected chi connectivity index (χ4v) is 8.60. The summed E-state index contributed by atoms with van der Waals surface area (Å²) in [6.45, 7) is 0.0798. The topological polar surface area (TPSA) is 182 Å². The molecule has 2 fully saturated rings. The number of carbonyl (C=O) groups excluding carboxylic acids is 4. The van der Waals surface area contributed by atoms with Crippen LogP contribution in [0.25, 0.3) is 21.2 Å². The van der Waals surface area contributed by atoms with Crippen molar-refractivity contribution in [1.82, 2.24) is 25.1 Å². The zero-order valence-corrected chi connectivity index (χ0v) is 31.5. The molecular formula is C39H37F2N6O7PS. The fraction of sp³-hybridized carbons (Fsp3) is 0.282. The van der Waals surface area contributed by atoms with Crippen LogP contribution < -0.4 is 10.6 Å². The van der Waals surface area contributed by atoms with Crippen LogP contribution in [-0.4, -0.2) is 84.4 Å². The summed E-state index contributed by atoms with van der Waals surface area (Å²) in [7, 11) is -5.83. The van der Waals surface area contributed by atoms with E-state index in [1.807, 2.05) is 42.5 Å². The van der Waals surface area contributed by atoms with Crippen molar-refractivity contribution in [3.8, 4) is 11.1 Å². The minimum Gasteiger partial charge on any atom is -0.340 e. The number of aromatic nitrogens is 2. The van der Waals surface area contributed by atoms with Crippen molar-refractivity contribution in [2.45, 2.75) is 55.9 Å². The maximum absolute atomic E-state index is 14.5. The van der Waals surface area contributed by atoms with Gasteiger partial charge in [0.05, 0.1) is 4.88 Å². The predicted octanol–water partition coefficient (Wildman–Crippen LogP) is 5.55. The van der Waals surface area contributed by atoms with Crippen LogP contribution in [0.4, 0.5) is 14.5 Å². The molecule has 2 aliphatic rings. The van der Waals surface area contributed by atoms with Gasteiger partial charge in [-0.05, 0) is 78.1 Å². The zero-order valence-electron chi connectivity index (χ0n) is 29.8. The zero-order chi connectivity index (χ0) is 39.6. The van der Waals surface area contributed by atoms with Gasteiger partial charge in [0, 0.05) is 53.9 Å². The van der Waals surface area contributed by atoms with Crippen LogP contribution in [-0.2, 0) is 31.0 Å². The molecule has 4 amide bonds. The first-order valence-electron chi connectivity index (χ1n) is 17.9. The Labute approximate surface area is 323 Å². The molecule has 0 aliphatic carbocycles. The molecule has 5 aromatic rings. The Kier molecular flexibility index (Phi) is 11.1. The summed E-state index contributed by atoms with van der Waals surface area (Å²) in [4.78, 5) is 85.2. The molecular weight excluding hydrogens is 766 g/mol. The SMILES string of the molecule is O=C(NC1CN(C(=O)CCc2cncnc2)CC[C@H]2CC[C@@H](C(=O)Nc3ccc(-c4ccccc4)cc3)N2C1=O)c1cc2cc(C(F)(F)P(=O)(O)O)ccc2s1. The molecule has 3 aromatic carbocycles. The Balaban J connectivity index is 1.12. The number of fused-ring (bicyclic) bond motifs is 2. The third-order valence-corrected chi connectivity index (χ3v) is 12.2. The lowest BCUT2D eigenvalue weighted by molar-refractivity contribution is -0.144. The van der Waals surface area contributed by atoms with E-state index in [9.17, 15) is 42.3 Å². The molecule has 4 N–H and O–H groups in total. The number of hydrogen-bond donors (Lipinski definition) is 4. The highest BCUT2D eigenvalue weighted by atomic mass is 32.1. The van der Waals surface area contributed by atoms with Gasteiger partial charge in [-0.3, -0.25) is 23.7 Å². The van der Waals surface area contributed by atoms with Crippen LogP contribution in [0.5, 0.6) is 0 Å². The summed E-state index contributed by atoms with van der Waals surface area (Å²) in [5.74, 6) is -1.90. The predicted molar refractivity (Wildman–Crippen MR) is 205 cm³/mol. The van der Waals surface area contributed by atoms with Gasteiger partial charge in [-0.1, -0.05) is 48.5 Å². The van der Waals surface area contributed by atoms with E-state index in [0.717, 1.165) is 40.2 Å². The molecule has 2 aromatic heterocycles. The standard InChI is InChI=1S/C39H37F2N6O7PS/c40-39(41,55(52,53)54)28-9-14-33-27(18-28)19-34(56-33)37(50)45-31-22-46(35(48)15-6-24-20-42-23-43-21-24)17-16-30-12-13-32(47(30)38(31)51)36(49)44-29-10-7-26(8-11-29)25-4-2-1-3-5-25/h1-5,7-11,14,18-21,23,30-32H,6,12-13,15-17,22H2,(H,44,49)(H,45,50)(H2,52,53,54)/t30-,31?,32+/m1/s1. The number of nitrogens with zero attached hydrogens (tertiary/aromatic N) is 4. The second-order valence-electron chi connectivity index (χ2n) is 13.8. The highest BCUT2D eigenvalue weighted by Crippen LogP contribution is 2.59. The van der Waals surface area contributed by atoms with Gasteiger partial charge in [0.1, 0.15) is 18.4 Å². The number of aryl methyl sites for hydroxylation is 1. The average molecular weight is 803 g/mol. The van der Waals surface area contributed by atoms with E-state index in [2.05, 4.69) is 20.6 Å². The Hall–Kier alpha value is -5.41. The third-order valence-electron chi connectivity index (χ3n) is 10.1. The number of hydrogen-bond acceptors (Lipinski definition) is 8. The largest absolute Gasteiger partial charge is 0.399 e. The van der Waals surface area contributed by atoms with E-state index in [0.29, 0.717) is 36.1 Å². The third kappa shape index (κ3) is 8.24. The molecule has 4 heterocycles. The fourth-order valence-electron chi connectivity index (χ4n) is 7.18. The van der Waals surface area contributed by atoms with Crippen molar-refractivity contribution in [2.24, 2.45) is 0 Å². The van der Waals surface area contributed by atoms with Crippen LogP contribution in [0.2, 0.25) is 0 Å². The minimum absolute atomic E-state index is 0.0414. The Morgan fingerprint density at radius 1 is 0.929 bits per heavy atom. The summed E-state index contributed by atoms with van der Waals surface area (Å²) < 4.78 is 40.8.